The number of hydrogen-bond donors (Lipinski definition) is 1. The van der Waals surface area contributed by atoms with Crippen LogP contribution in [-0.2, 0) is 0 Å². The zero-order chi connectivity index (χ0) is 18.8. The molecule has 0 amide bonds. The molecule has 0 spiro atoms. The van der Waals surface area contributed by atoms with Crippen molar-refractivity contribution in [1.82, 2.24) is 4.98 Å². The first-order chi connectivity index (χ1) is 13.1. The number of aromatic nitrogens is 1. The van der Waals surface area contributed by atoms with Crippen LogP contribution in [0.3, 0.4) is 0 Å². The number of fused-ring (bicyclic) bond motifs is 1. The zero-order valence-corrected chi connectivity index (χ0v) is 15.1. The van der Waals surface area contributed by atoms with E-state index < -0.39 is 0 Å². The Kier molecular flexibility index (Phi) is 4.47. The van der Waals surface area contributed by atoms with Crippen LogP contribution in [0.15, 0.2) is 78.9 Å². The van der Waals surface area contributed by atoms with E-state index in [1.165, 1.54) is 5.56 Å². The molecular formula is C23H20N2O2. The molecule has 0 aliphatic carbocycles. The largest absolute Gasteiger partial charge is 0.354 e. The Morgan fingerprint density at radius 3 is 2.30 bits per heavy atom. The second kappa shape index (κ2) is 7.08. The van der Waals surface area contributed by atoms with Crippen molar-refractivity contribution < 1.29 is 4.92 Å². The van der Waals surface area contributed by atoms with Crippen LogP contribution in [0, 0.1) is 17.0 Å². The Hall–Kier alpha value is -3.40. The minimum absolute atomic E-state index is 0.148. The Bertz CT molecular complexity index is 1080. The van der Waals surface area contributed by atoms with E-state index in [-0.39, 0.29) is 17.4 Å². The van der Waals surface area contributed by atoms with Crippen LogP contribution in [0.1, 0.15) is 22.6 Å². The van der Waals surface area contributed by atoms with Crippen molar-refractivity contribution in [2.75, 3.05) is 6.54 Å². The fourth-order valence-electron chi connectivity index (χ4n) is 3.67. The SMILES string of the molecule is Cc1ccc(-c2[nH]c3ccccc3c2[C@H](C[N+](=O)[O-])c2ccccc2)cc1. The third-order valence-corrected chi connectivity index (χ3v) is 4.97. The van der Waals surface area contributed by atoms with Crippen molar-refractivity contribution in [3.63, 3.8) is 0 Å². The Labute approximate surface area is 157 Å². The van der Waals surface area contributed by atoms with Gasteiger partial charge in [-0.1, -0.05) is 78.4 Å². The van der Waals surface area contributed by atoms with Gasteiger partial charge in [0.05, 0.1) is 11.6 Å². The number of para-hydroxylation sites is 1. The average molecular weight is 356 g/mol. The van der Waals surface area contributed by atoms with E-state index in [1.807, 2.05) is 54.6 Å². The lowest BCUT2D eigenvalue weighted by Gasteiger charge is -2.16. The van der Waals surface area contributed by atoms with E-state index in [0.717, 1.165) is 33.3 Å². The molecule has 134 valence electrons. The number of nitrogens with zero attached hydrogens (tertiary/aromatic N) is 1. The van der Waals surface area contributed by atoms with Crippen molar-refractivity contribution in [2.24, 2.45) is 0 Å². The van der Waals surface area contributed by atoms with Crippen LogP contribution in [0.25, 0.3) is 22.2 Å². The van der Waals surface area contributed by atoms with E-state index in [0.29, 0.717) is 0 Å². The molecule has 1 N–H and O–H groups in total. The number of rotatable bonds is 5. The predicted molar refractivity (Wildman–Crippen MR) is 109 cm³/mol. The van der Waals surface area contributed by atoms with Crippen LogP contribution in [0.2, 0.25) is 0 Å². The van der Waals surface area contributed by atoms with Crippen LogP contribution < -0.4 is 0 Å². The highest BCUT2D eigenvalue weighted by Gasteiger charge is 2.27. The van der Waals surface area contributed by atoms with Crippen molar-refractivity contribution in [2.45, 2.75) is 12.8 Å². The molecule has 3 aromatic carbocycles. The van der Waals surface area contributed by atoms with Gasteiger partial charge in [-0.3, -0.25) is 10.1 Å². The van der Waals surface area contributed by atoms with Crippen molar-refractivity contribution >= 4 is 10.9 Å². The third kappa shape index (κ3) is 3.34. The van der Waals surface area contributed by atoms with E-state index >= 15 is 0 Å². The van der Waals surface area contributed by atoms with Crippen LogP contribution in [-0.4, -0.2) is 16.5 Å². The third-order valence-electron chi connectivity index (χ3n) is 4.97. The normalized spacial score (nSPS) is 12.2. The minimum Gasteiger partial charge on any atom is -0.354 e. The van der Waals surface area contributed by atoms with Gasteiger partial charge in [-0.15, -0.1) is 0 Å². The smallest absolute Gasteiger partial charge is 0.214 e. The molecule has 27 heavy (non-hydrogen) atoms. The molecule has 1 heterocycles. The summed E-state index contributed by atoms with van der Waals surface area (Å²) in [4.78, 5) is 14.8. The van der Waals surface area contributed by atoms with E-state index in [1.54, 1.807) is 0 Å². The Balaban J connectivity index is 1.98. The second-order valence-electron chi connectivity index (χ2n) is 6.80. The molecule has 0 fully saturated rings. The first-order valence-corrected chi connectivity index (χ1v) is 8.98. The summed E-state index contributed by atoms with van der Waals surface area (Å²) in [7, 11) is 0. The molecule has 0 saturated carbocycles. The fraction of sp³-hybridized carbons (Fsp3) is 0.130. The van der Waals surface area contributed by atoms with E-state index in [4.69, 9.17) is 0 Å². The standard InChI is InChI=1S/C23H20N2O2/c1-16-11-13-18(14-12-16)23-22(19-9-5-6-10-21(19)24-23)20(15-25(26)27)17-7-3-2-4-8-17/h2-14,20,24H,15H2,1H3/t20-/m1/s1. The Morgan fingerprint density at radius 2 is 1.59 bits per heavy atom. The maximum atomic E-state index is 11.5. The molecule has 0 bridgehead atoms. The molecule has 0 aliphatic rings. The number of aryl methyl sites for hydroxylation is 1. The number of nitro groups is 1. The Morgan fingerprint density at radius 1 is 0.926 bits per heavy atom. The number of benzene rings is 3. The fourth-order valence-corrected chi connectivity index (χ4v) is 3.67. The summed E-state index contributed by atoms with van der Waals surface area (Å²) in [6, 6.07) is 26.0. The van der Waals surface area contributed by atoms with Crippen molar-refractivity contribution in [1.29, 1.82) is 0 Å². The lowest BCUT2D eigenvalue weighted by atomic mass is 9.87. The molecule has 4 nitrogen and oxygen atoms in total. The lowest BCUT2D eigenvalue weighted by Crippen LogP contribution is -2.14. The molecule has 1 atom stereocenters. The second-order valence-corrected chi connectivity index (χ2v) is 6.80. The molecule has 4 rings (SSSR count). The summed E-state index contributed by atoms with van der Waals surface area (Å²) in [5.41, 5.74) is 6.10. The number of H-pyrrole nitrogens is 1. The molecule has 0 saturated heterocycles. The van der Waals surface area contributed by atoms with Gasteiger partial charge in [0.2, 0.25) is 6.54 Å². The molecule has 0 radical (unpaired) electrons. The topological polar surface area (TPSA) is 58.9 Å². The number of hydrogen-bond acceptors (Lipinski definition) is 2. The maximum absolute atomic E-state index is 11.5. The van der Waals surface area contributed by atoms with Gasteiger partial charge in [0.25, 0.3) is 0 Å². The summed E-state index contributed by atoms with van der Waals surface area (Å²) in [5.74, 6) is -0.325. The first-order valence-electron chi connectivity index (χ1n) is 8.98. The van der Waals surface area contributed by atoms with Gasteiger partial charge in [0.15, 0.2) is 0 Å². The highest BCUT2D eigenvalue weighted by molar-refractivity contribution is 5.92. The van der Waals surface area contributed by atoms with E-state index in [2.05, 4.69) is 36.2 Å². The summed E-state index contributed by atoms with van der Waals surface area (Å²) in [6.07, 6.45) is 0. The summed E-state index contributed by atoms with van der Waals surface area (Å²) in [5, 5.41) is 12.5. The van der Waals surface area contributed by atoms with Gasteiger partial charge in [-0.2, -0.15) is 0 Å². The van der Waals surface area contributed by atoms with Crippen molar-refractivity contribution in [3.8, 4) is 11.3 Å². The zero-order valence-electron chi connectivity index (χ0n) is 15.1. The van der Waals surface area contributed by atoms with Crippen LogP contribution >= 0.6 is 0 Å². The van der Waals surface area contributed by atoms with Crippen molar-refractivity contribution in [3.05, 3.63) is 106 Å². The summed E-state index contributed by atoms with van der Waals surface area (Å²) < 4.78 is 0. The molecular weight excluding hydrogens is 336 g/mol. The van der Waals surface area contributed by atoms with E-state index in [9.17, 15) is 10.1 Å². The van der Waals surface area contributed by atoms with Crippen LogP contribution in [0.4, 0.5) is 0 Å². The molecule has 4 heteroatoms. The minimum atomic E-state index is -0.325. The highest BCUT2D eigenvalue weighted by Crippen LogP contribution is 2.39. The highest BCUT2D eigenvalue weighted by atomic mass is 16.6. The van der Waals surface area contributed by atoms with Gasteiger partial charge in [-0.25, -0.2) is 0 Å². The van der Waals surface area contributed by atoms with Gasteiger partial charge in [0, 0.05) is 15.8 Å². The number of aromatic amines is 1. The first kappa shape index (κ1) is 17.0. The maximum Gasteiger partial charge on any atom is 0.214 e. The summed E-state index contributed by atoms with van der Waals surface area (Å²) >= 11 is 0. The van der Waals surface area contributed by atoms with Gasteiger partial charge in [-0.05, 0) is 29.7 Å². The quantitative estimate of drug-likeness (QED) is 0.376. The molecule has 4 aromatic rings. The molecule has 0 aliphatic heterocycles. The van der Waals surface area contributed by atoms with Crippen LogP contribution in [0.5, 0.6) is 0 Å². The molecule has 0 unspecified atom stereocenters. The van der Waals surface area contributed by atoms with Gasteiger partial charge in [0.1, 0.15) is 0 Å². The average Bonchev–Trinajstić information content (AvgIpc) is 3.06. The molecule has 1 aromatic heterocycles. The summed E-state index contributed by atoms with van der Waals surface area (Å²) in [6.45, 7) is 1.90. The monoisotopic (exact) mass is 356 g/mol. The predicted octanol–water partition coefficient (Wildman–Crippen LogP) is 5.55. The van der Waals surface area contributed by atoms with Gasteiger partial charge >= 0.3 is 0 Å². The van der Waals surface area contributed by atoms with Gasteiger partial charge < -0.3 is 4.98 Å². The lowest BCUT2D eigenvalue weighted by molar-refractivity contribution is -0.481. The number of nitrogens with one attached hydrogen (secondary N) is 1.